The lowest BCUT2D eigenvalue weighted by Gasteiger charge is -2.41. The van der Waals surface area contributed by atoms with Crippen LogP contribution in [0.15, 0.2) is 61.2 Å². The van der Waals surface area contributed by atoms with Gasteiger partial charge in [-0.3, -0.25) is 0 Å². The Morgan fingerprint density at radius 2 is 1.77 bits per heavy atom. The maximum absolute atomic E-state index is 13.1. The summed E-state index contributed by atoms with van der Waals surface area (Å²) in [6.07, 6.45) is 7.24. The van der Waals surface area contributed by atoms with E-state index in [1.165, 1.54) is 29.5 Å². The minimum Gasteiger partial charge on any atom is -0.489 e. The molecule has 0 aliphatic heterocycles. The molecule has 1 N–H and O–H groups in total. The van der Waals surface area contributed by atoms with Gasteiger partial charge in [-0.05, 0) is 93.5 Å². The third-order valence-corrected chi connectivity index (χ3v) is 8.68. The fourth-order valence-corrected chi connectivity index (χ4v) is 6.35. The lowest BCUT2D eigenvalue weighted by atomic mass is 9.77. The summed E-state index contributed by atoms with van der Waals surface area (Å²) in [5, 5.41) is 0. The van der Waals surface area contributed by atoms with E-state index in [1.807, 2.05) is 45.0 Å². The van der Waals surface area contributed by atoms with Crippen molar-refractivity contribution in [3.63, 3.8) is 0 Å². The van der Waals surface area contributed by atoms with E-state index in [1.54, 1.807) is 0 Å². The lowest BCUT2D eigenvalue weighted by molar-refractivity contribution is 0.228. The molecule has 0 amide bonds. The summed E-state index contributed by atoms with van der Waals surface area (Å²) < 4.78 is 22.6. The highest BCUT2D eigenvalue weighted by Crippen LogP contribution is 2.50. The van der Waals surface area contributed by atoms with E-state index in [2.05, 4.69) is 41.6 Å². The van der Waals surface area contributed by atoms with E-state index in [4.69, 9.17) is 4.74 Å². The van der Waals surface area contributed by atoms with Crippen LogP contribution in [0.3, 0.4) is 0 Å². The summed E-state index contributed by atoms with van der Waals surface area (Å²) in [4.78, 5) is 0. The van der Waals surface area contributed by atoms with Crippen molar-refractivity contribution < 1.29 is 8.95 Å². The van der Waals surface area contributed by atoms with E-state index in [0.29, 0.717) is 18.4 Å². The molecule has 2 aromatic rings. The molecule has 0 heterocycles. The van der Waals surface area contributed by atoms with Gasteiger partial charge in [-0.2, -0.15) is 0 Å². The Hall–Kier alpha value is -1.91. The summed E-state index contributed by atoms with van der Waals surface area (Å²) in [5.41, 5.74) is 3.82. The first-order valence-corrected chi connectivity index (χ1v) is 12.6. The molecule has 0 spiro atoms. The smallest absolute Gasteiger partial charge is 0.120 e. The quantitative estimate of drug-likeness (QED) is 0.560. The van der Waals surface area contributed by atoms with Crippen molar-refractivity contribution in [2.45, 2.75) is 69.8 Å². The highest BCUT2D eigenvalue weighted by atomic mass is 32.2. The minimum atomic E-state index is -1.10. The summed E-state index contributed by atoms with van der Waals surface area (Å²) in [7, 11) is -1.10. The molecule has 2 bridgehead atoms. The molecular weight excluding hydrogens is 402 g/mol. The number of benzene rings is 2. The fraction of sp³-hybridized carbons (Fsp3) is 0.481. The zero-order chi connectivity index (χ0) is 22.1. The van der Waals surface area contributed by atoms with Gasteiger partial charge in [-0.15, -0.1) is 6.58 Å². The molecule has 1 saturated carbocycles. The highest BCUT2D eigenvalue weighted by molar-refractivity contribution is 7.84. The van der Waals surface area contributed by atoms with Gasteiger partial charge in [0.25, 0.3) is 0 Å². The molecule has 4 atom stereocenters. The van der Waals surface area contributed by atoms with Crippen molar-refractivity contribution in [1.29, 1.82) is 0 Å². The molecule has 2 aliphatic rings. The van der Waals surface area contributed by atoms with Gasteiger partial charge in [0.1, 0.15) is 12.4 Å². The molecule has 0 aromatic heterocycles. The number of hydrogen-bond donors (Lipinski definition) is 1. The summed E-state index contributed by atoms with van der Waals surface area (Å²) in [5.74, 6) is 1.85. The molecule has 2 aromatic carbocycles. The standard InChI is InChI=1S/C27H35NO2S/c1-5-15-27(28-31(29)26(2,3)4)23-12-13-24(27)17-22-18-25(14-11-21(22)16-23)30-19-20-9-7-6-8-10-20/h5-11,14,18,23-24,28H,1,12-13,15-17,19H2,2-4H3/t23-,24+,27+,31?/m0/s1. The number of rotatable bonds is 7. The average Bonchev–Trinajstić information content (AvgIpc) is 2.97. The first-order chi connectivity index (χ1) is 14.8. The molecule has 1 fully saturated rings. The maximum Gasteiger partial charge on any atom is 0.120 e. The molecule has 31 heavy (non-hydrogen) atoms. The van der Waals surface area contributed by atoms with Crippen LogP contribution in [0.25, 0.3) is 0 Å². The fourth-order valence-electron chi connectivity index (χ4n) is 5.28. The second-order valence-electron chi connectivity index (χ2n) is 10.1. The van der Waals surface area contributed by atoms with Gasteiger partial charge in [0.2, 0.25) is 0 Å². The Kier molecular flexibility index (Phi) is 6.41. The van der Waals surface area contributed by atoms with Crippen LogP contribution in [-0.4, -0.2) is 14.5 Å². The van der Waals surface area contributed by atoms with Crippen molar-refractivity contribution in [2.75, 3.05) is 0 Å². The van der Waals surface area contributed by atoms with Crippen molar-refractivity contribution >= 4 is 11.0 Å². The van der Waals surface area contributed by atoms with Gasteiger partial charge in [0, 0.05) is 5.54 Å². The van der Waals surface area contributed by atoms with Crippen LogP contribution in [0.1, 0.15) is 56.7 Å². The average molecular weight is 438 g/mol. The van der Waals surface area contributed by atoms with E-state index < -0.39 is 11.0 Å². The zero-order valence-corrected chi connectivity index (χ0v) is 19.8. The Labute approximate surface area is 189 Å². The molecule has 4 rings (SSSR count). The van der Waals surface area contributed by atoms with Crippen molar-refractivity contribution in [3.8, 4) is 5.75 Å². The van der Waals surface area contributed by atoms with E-state index in [9.17, 15) is 4.21 Å². The monoisotopic (exact) mass is 437 g/mol. The Morgan fingerprint density at radius 1 is 1.10 bits per heavy atom. The Balaban J connectivity index is 1.57. The largest absolute Gasteiger partial charge is 0.489 e. The van der Waals surface area contributed by atoms with Gasteiger partial charge in [-0.25, -0.2) is 8.93 Å². The van der Waals surface area contributed by atoms with E-state index in [0.717, 1.165) is 25.0 Å². The highest BCUT2D eigenvalue weighted by Gasteiger charge is 2.52. The molecule has 0 radical (unpaired) electrons. The van der Waals surface area contributed by atoms with Gasteiger partial charge < -0.3 is 4.74 Å². The number of fused-ring (bicyclic) bond motifs is 3. The lowest BCUT2D eigenvalue weighted by Crippen LogP contribution is -2.56. The van der Waals surface area contributed by atoms with E-state index in [-0.39, 0.29) is 10.3 Å². The molecule has 4 heteroatoms. The van der Waals surface area contributed by atoms with Crippen LogP contribution in [0, 0.1) is 11.8 Å². The van der Waals surface area contributed by atoms with Crippen molar-refractivity contribution in [3.05, 3.63) is 77.9 Å². The van der Waals surface area contributed by atoms with Gasteiger partial charge in [0.05, 0.1) is 15.7 Å². The topological polar surface area (TPSA) is 38.3 Å². The first kappa shape index (κ1) is 22.3. The molecule has 3 nitrogen and oxygen atoms in total. The van der Waals surface area contributed by atoms with Gasteiger partial charge in [-0.1, -0.05) is 42.5 Å². The number of hydrogen-bond acceptors (Lipinski definition) is 2. The molecule has 2 aliphatic carbocycles. The van der Waals surface area contributed by atoms with Crippen molar-refractivity contribution in [2.24, 2.45) is 11.8 Å². The predicted octanol–water partition coefficient (Wildman–Crippen LogP) is 5.76. The van der Waals surface area contributed by atoms with Crippen LogP contribution >= 0.6 is 0 Å². The van der Waals surface area contributed by atoms with E-state index >= 15 is 0 Å². The number of nitrogens with one attached hydrogen (secondary N) is 1. The maximum atomic E-state index is 13.1. The van der Waals surface area contributed by atoms with Crippen LogP contribution in [0.5, 0.6) is 5.75 Å². The Morgan fingerprint density at radius 3 is 2.42 bits per heavy atom. The van der Waals surface area contributed by atoms with Crippen LogP contribution in [0.4, 0.5) is 0 Å². The zero-order valence-electron chi connectivity index (χ0n) is 19.0. The summed E-state index contributed by atoms with van der Waals surface area (Å²) >= 11 is 0. The van der Waals surface area contributed by atoms with Crippen LogP contribution < -0.4 is 9.46 Å². The minimum absolute atomic E-state index is 0.149. The molecule has 1 unspecified atom stereocenters. The third kappa shape index (κ3) is 4.65. The summed E-state index contributed by atoms with van der Waals surface area (Å²) in [6.45, 7) is 10.8. The Bertz CT molecular complexity index is 949. The van der Waals surface area contributed by atoms with Crippen LogP contribution in [0.2, 0.25) is 0 Å². The van der Waals surface area contributed by atoms with Crippen LogP contribution in [-0.2, 0) is 30.4 Å². The van der Waals surface area contributed by atoms with Gasteiger partial charge >= 0.3 is 0 Å². The molecule has 0 saturated heterocycles. The first-order valence-electron chi connectivity index (χ1n) is 11.4. The normalized spacial score (nSPS) is 26.0. The SMILES string of the molecule is C=CC[C@]1(NS(=O)C(C)(C)C)[C@@H]2CC[C@H]1Cc1ccc(OCc3ccccc3)cc1C2. The summed E-state index contributed by atoms with van der Waals surface area (Å²) in [6, 6.07) is 16.9. The third-order valence-electron chi connectivity index (χ3n) is 7.00. The molecule has 166 valence electrons. The van der Waals surface area contributed by atoms with Gasteiger partial charge in [0.15, 0.2) is 0 Å². The predicted molar refractivity (Wildman–Crippen MR) is 129 cm³/mol. The van der Waals surface area contributed by atoms with Crippen molar-refractivity contribution in [1.82, 2.24) is 4.72 Å². The second-order valence-corrected chi connectivity index (χ2v) is 12.1. The molecular formula is C27H35NO2S. The second kappa shape index (κ2) is 8.91. The number of ether oxygens (including phenoxy) is 1.